The van der Waals surface area contributed by atoms with Gasteiger partial charge in [0.25, 0.3) is 0 Å². The van der Waals surface area contributed by atoms with Crippen LogP contribution in [0.15, 0.2) is 24.5 Å². The molecule has 0 aromatic carbocycles. The van der Waals surface area contributed by atoms with Crippen molar-refractivity contribution < 1.29 is 0 Å². The minimum atomic E-state index is -0.341. The second-order valence-electron chi connectivity index (χ2n) is 4.34. The fourth-order valence-electron chi connectivity index (χ4n) is 1.94. The van der Waals surface area contributed by atoms with Crippen molar-refractivity contribution in [3.63, 3.8) is 0 Å². The number of halogens is 1. The Bertz CT molecular complexity index is 536. The van der Waals surface area contributed by atoms with Gasteiger partial charge in [0.1, 0.15) is 0 Å². The quantitative estimate of drug-likeness (QED) is 0.924. The Balaban J connectivity index is 2.39. The smallest absolute Gasteiger partial charge is 0.0912 e. The number of hydrogen-bond donors (Lipinski definition) is 1. The van der Waals surface area contributed by atoms with E-state index in [4.69, 9.17) is 17.3 Å². The van der Waals surface area contributed by atoms with Crippen molar-refractivity contribution in [3.05, 3.63) is 46.5 Å². The molecule has 0 aliphatic heterocycles. The molecule has 0 spiro atoms. The lowest BCUT2D eigenvalue weighted by atomic mass is 10.1. The molecule has 2 heterocycles. The number of aromatic nitrogens is 3. The average molecular weight is 265 g/mol. The summed E-state index contributed by atoms with van der Waals surface area (Å²) in [6.45, 7) is 4.92. The van der Waals surface area contributed by atoms with Crippen molar-refractivity contribution >= 4 is 11.6 Å². The molecule has 0 saturated carbocycles. The van der Waals surface area contributed by atoms with E-state index in [0.29, 0.717) is 5.02 Å². The normalized spacial score (nSPS) is 12.7. The van der Waals surface area contributed by atoms with E-state index in [1.165, 1.54) is 0 Å². The summed E-state index contributed by atoms with van der Waals surface area (Å²) in [4.78, 5) is 4.31. The van der Waals surface area contributed by atoms with Crippen molar-refractivity contribution in [2.24, 2.45) is 5.73 Å². The van der Waals surface area contributed by atoms with Gasteiger partial charge in [-0.2, -0.15) is 5.10 Å². The molecule has 2 aromatic rings. The predicted molar refractivity (Wildman–Crippen MR) is 72.5 cm³/mol. The second-order valence-corrected chi connectivity index (χ2v) is 4.74. The van der Waals surface area contributed by atoms with Crippen LogP contribution in [0.2, 0.25) is 5.02 Å². The van der Waals surface area contributed by atoms with Gasteiger partial charge >= 0.3 is 0 Å². The number of hydrogen-bond acceptors (Lipinski definition) is 3. The van der Waals surface area contributed by atoms with Crippen LogP contribution in [0.4, 0.5) is 0 Å². The Morgan fingerprint density at radius 2 is 2.28 bits per heavy atom. The highest BCUT2D eigenvalue weighted by atomic mass is 35.5. The molecule has 1 atom stereocenters. The molecule has 5 heteroatoms. The first kappa shape index (κ1) is 13.1. The Hall–Kier alpha value is -1.39. The van der Waals surface area contributed by atoms with Crippen molar-refractivity contribution in [1.29, 1.82) is 0 Å². The fourth-order valence-corrected chi connectivity index (χ4v) is 2.20. The minimum absolute atomic E-state index is 0.341. The predicted octanol–water partition coefficient (Wildman–Crippen LogP) is 2.70. The van der Waals surface area contributed by atoms with Crippen molar-refractivity contribution in [3.8, 4) is 0 Å². The van der Waals surface area contributed by atoms with Crippen LogP contribution >= 0.6 is 11.6 Å². The van der Waals surface area contributed by atoms with Gasteiger partial charge in [-0.15, -0.1) is 0 Å². The van der Waals surface area contributed by atoms with Crippen LogP contribution in [0.1, 0.15) is 36.3 Å². The first-order valence-corrected chi connectivity index (χ1v) is 6.40. The Labute approximate surface area is 112 Å². The summed E-state index contributed by atoms with van der Waals surface area (Å²) in [5, 5.41) is 4.85. The van der Waals surface area contributed by atoms with E-state index < -0.39 is 0 Å². The zero-order valence-corrected chi connectivity index (χ0v) is 11.4. The zero-order chi connectivity index (χ0) is 13.1. The third-order valence-corrected chi connectivity index (χ3v) is 3.11. The van der Waals surface area contributed by atoms with Crippen LogP contribution in [0.5, 0.6) is 0 Å². The first-order chi connectivity index (χ1) is 8.63. The molecule has 2 rings (SSSR count). The molecule has 0 bridgehead atoms. The van der Waals surface area contributed by atoms with Crippen LogP contribution in [-0.4, -0.2) is 14.8 Å². The average Bonchev–Trinajstić information content (AvgIpc) is 2.70. The Kier molecular flexibility index (Phi) is 3.99. The standard InChI is InChI=1S/C13H17ClN4/c1-3-6-18-13(10(14)8-17-18)12(15)11-7-9(2)4-5-16-11/h4-5,7-8,12H,3,6,15H2,1-2H3. The molecule has 0 aliphatic rings. The molecule has 0 radical (unpaired) electrons. The van der Waals surface area contributed by atoms with Gasteiger partial charge in [0.05, 0.1) is 28.6 Å². The maximum absolute atomic E-state index is 6.25. The monoisotopic (exact) mass is 264 g/mol. The van der Waals surface area contributed by atoms with Crippen LogP contribution < -0.4 is 5.73 Å². The lowest BCUT2D eigenvalue weighted by Gasteiger charge is -2.14. The Morgan fingerprint density at radius 1 is 1.50 bits per heavy atom. The largest absolute Gasteiger partial charge is 0.318 e. The lowest BCUT2D eigenvalue weighted by molar-refractivity contribution is 0.557. The lowest BCUT2D eigenvalue weighted by Crippen LogP contribution is -2.19. The van der Waals surface area contributed by atoms with Crippen molar-refractivity contribution in [1.82, 2.24) is 14.8 Å². The molecule has 0 saturated heterocycles. The third kappa shape index (κ3) is 2.54. The van der Waals surface area contributed by atoms with Gasteiger partial charge in [-0.05, 0) is 31.0 Å². The molecule has 0 aliphatic carbocycles. The topological polar surface area (TPSA) is 56.7 Å². The summed E-state index contributed by atoms with van der Waals surface area (Å²) in [6, 6.07) is 3.58. The van der Waals surface area contributed by atoms with E-state index in [1.54, 1.807) is 12.4 Å². The minimum Gasteiger partial charge on any atom is -0.318 e. The Morgan fingerprint density at radius 3 is 2.94 bits per heavy atom. The molecule has 96 valence electrons. The first-order valence-electron chi connectivity index (χ1n) is 6.02. The number of aryl methyl sites for hydroxylation is 2. The molecular formula is C13H17ClN4. The summed E-state index contributed by atoms with van der Waals surface area (Å²) < 4.78 is 1.86. The van der Waals surface area contributed by atoms with Crippen LogP contribution in [0, 0.1) is 6.92 Å². The van der Waals surface area contributed by atoms with Crippen LogP contribution in [0.3, 0.4) is 0 Å². The summed E-state index contributed by atoms with van der Waals surface area (Å²) in [7, 11) is 0. The molecule has 0 amide bonds. The van der Waals surface area contributed by atoms with E-state index in [2.05, 4.69) is 17.0 Å². The number of pyridine rings is 1. The van der Waals surface area contributed by atoms with Gasteiger partial charge in [-0.25, -0.2) is 0 Å². The third-order valence-electron chi connectivity index (χ3n) is 2.82. The SMILES string of the molecule is CCCn1ncc(Cl)c1C(N)c1cc(C)ccn1. The highest BCUT2D eigenvalue weighted by Gasteiger charge is 2.19. The van der Waals surface area contributed by atoms with Crippen LogP contribution in [0.25, 0.3) is 0 Å². The zero-order valence-electron chi connectivity index (χ0n) is 10.6. The second kappa shape index (κ2) is 5.50. The van der Waals surface area contributed by atoms with Crippen LogP contribution in [-0.2, 0) is 6.54 Å². The van der Waals surface area contributed by atoms with Gasteiger partial charge in [0.15, 0.2) is 0 Å². The summed E-state index contributed by atoms with van der Waals surface area (Å²) in [5.74, 6) is 0. The van der Waals surface area contributed by atoms with Gasteiger partial charge in [-0.3, -0.25) is 9.67 Å². The summed E-state index contributed by atoms with van der Waals surface area (Å²) in [5.41, 5.74) is 9.03. The molecule has 2 aromatic heterocycles. The highest BCUT2D eigenvalue weighted by molar-refractivity contribution is 6.31. The van der Waals surface area contributed by atoms with E-state index in [9.17, 15) is 0 Å². The molecular weight excluding hydrogens is 248 g/mol. The van der Waals surface area contributed by atoms with Crippen molar-refractivity contribution in [2.75, 3.05) is 0 Å². The molecule has 4 nitrogen and oxygen atoms in total. The van der Waals surface area contributed by atoms with Crippen molar-refractivity contribution in [2.45, 2.75) is 32.9 Å². The molecule has 18 heavy (non-hydrogen) atoms. The van der Waals surface area contributed by atoms with Gasteiger partial charge in [0, 0.05) is 12.7 Å². The van der Waals surface area contributed by atoms with Gasteiger partial charge in [0.2, 0.25) is 0 Å². The number of nitrogens with zero attached hydrogens (tertiary/aromatic N) is 3. The summed E-state index contributed by atoms with van der Waals surface area (Å²) in [6.07, 6.45) is 4.39. The van der Waals surface area contributed by atoms with E-state index >= 15 is 0 Å². The maximum Gasteiger partial charge on any atom is 0.0912 e. The molecule has 0 fully saturated rings. The number of nitrogens with two attached hydrogens (primary N) is 1. The maximum atomic E-state index is 6.25. The van der Waals surface area contributed by atoms with Gasteiger partial charge in [-0.1, -0.05) is 18.5 Å². The highest BCUT2D eigenvalue weighted by Crippen LogP contribution is 2.25. The fraction of sp³-hybridized carbons (Fsp3) is 0.385. The molecule has 1 unspecified atom stereocenters. The molecule has 2 N–H and O–H groups in total. The van der Waals surface area contributed by atoms with E-state index in [1.807, 2.05) is 23.7 Å². The number of rotatable bonds is 4. The van der Waals surface area contributed by atoms with E-state index in [0.717, 1.165) is 29.9 Å². The van der Waals surface area contributed by atoms with Gasteiger partial charge < -0.3 is 5.73 Å². The van der Waals surface area contributed by atoms with E-state index in [-0.39, 0.29) is 6.04 Å². The summed E-state index contributed by atoms with van der Waals surface area (Å²) >= 11 is 6.17.